The number of carbonyl (C=O) groups is 1. The van der Waals surface area contributed by atoms with Crippen LogP contribution in [0.2, 0.25) is 0 Å². The van der Waals surface area contributed by atoms with Crippen molar-refractivity contribution in [3.63, 3.8) is 0 Å². The van der Waals surface area contributed by atoms with Gasteiger partial charge in [-0.2, -0.15) is 0 Å². The highest BCUT2D eigenvalue weighted by Gasteiger charge is 2.43. The number of rotatable bonds is 3. The van der Waals surface area contributed by atoms with Crippen LogP contribution in [0.15, 0.2) is 0 Å². The summed E-state index contributed by atoms with van der Waals surface area (Å²) >= 11 is 0. The Bertz CT molecular complexity index is 156. The Morgan fingerprint density at radius 1 is 1.64 bits per heavy atom. The summed E-state index contributed by atoms with van der Waals surface area (Å²) in [6.07, 6.45) is 0.134. The van der Waals surface area contributed by atoms with Gasteiger partial charge in [0.15, 0.2) is 0 Å². The fraction of sp³-hybridized carbons (Fsp3) is 0.875. The molecule has 0 aliphatic carbocycles. The molecule has 0 aromatic carbocycles. The van der Waals surface area contributed by atoms with Crippen LogP contribution in [0.1, 0.15) is 13.8 Å². The van der Waals surface area contributed by atoms with E-state index in [4.69, 9.17) is 4.74 Å². The maximum Gasteiger partial charge on any atom is 0.314 e. The molecule has 1 N–H and O–H groups in total. The molecule has 2 atom stereocenters. The minimum Gasteiger partial charge on any atom is -0.461 e. The van der Waals surface area contributed by atoms with Gasteiger partial charge in [0.25, 0.3) is 0 Å². The second kappa shape index (κ2) is 3.22. The molecule has 1 fully saturated rings. The van der Waals surface area contributed by atoms with Gasteiger partial charge in [-0.1, -0.05) is 13.8 Å². The van der Waals surface area contributed by atoms with Crippen molar-refractivity contribution in [1.82, 2.24) is 5.32 Å². The molecule has 1 aliphatic rings. The molecule has 2 unspecified atom stereocenters. The minimum atomic E-state index is -0.0574. The molecule has 0 amide bonds. The molecule has 1 rings (SSSR count). The van der Waals surface area contributed by atoms with Crippen LogP contribution >= 0.6 is 0 Å². The molecule has 0 spiro atoms. The lowest BCUT2D eigenvalue weighted by molar-refractivity contribution is -0.189. The molecule has 0 bridgehead atoms. The van der Waals surface area contributed by atoms with Gasteiger partial charge in [-0.05, 0) is 13.0 Å². The first-order valence-electron chi connectivity index (χ1n) is 4.02. The van der Waals surface area contributed by atoms with E-state index < -0.39 is 0 Å². The maximum atomic E-state index is 10.9. The van der Waals surface area contributed by atoms with Crippen LogP contribution in [0.4, 0.5) is 0 Å². The van der Waals surface area contributed by atoms with E-state index in [2.05, 4.69) is 19.2 Å². The van der Waals surface area contributed by atoms with Crippen molar-refractivity contribution in [2.75, 3.05) is 13.6 Å². The van der Waals surface area contributed by atoms with Crippen LogP contribution in [-0.4, -0.2) is 25.7 Å². The highest BCUT2D eigenvalue weighted by atomic mass is 16.6. The smallest absolute Gasteiger partial charge is 0.314 e. The Morgan fingerprint density at radius 3 is 2.64 bits per heavy atom. The molecular weight excluding hydrogens is 142 g/mol. The first-order chi connectivity index (χ1) is 5.16. The van der Waals surface area contributed by atoms with Gasteiger partial charge in [0.05, 0.1) is 0 Å². The summed E-state index contributed by atoms with van der Waals surface area (Å²) in [4.78, 5) is 10.9. The van der Waals surface area contributed by atoms with Crippen LogP contribution in [0.3, 0.4) is 0 Å². The van der Waals surface area contributed by atoms with Gasteiger partial charge in [0.1, 0.15) is 12.0 Å². The number of hydrogen-bond donors (Lipinski definition) is 1. The molecule has 11 heavy (non-hydrogen) atoms. The third kappa shape index (κ3) is 1.53. The molecule has 3 nitrogen and oxygen atoms in total. The van der Waals surface area contributed by atoms with Gasteiger partial charge in [-0.25, -0.2) is 0 Å². The van der Waals surface area contributed by atoms with Crippen molar-refractivity contribution in [2.45, 2.75) is 20.0 Å². The monoisotopic (exact) mass is 157 g/mol. The van der Waals surface area contributed by atoms with E-state index in [-0.39, 0.29) is 18.0 Å². The second-order valence-electron chi connectivity index (χ2n) is 3.31. The SMILES string of the molecule is CNCC1C(=O)OC1C(C)C. The van der Waals surface area contributed by atoms with E-state index in [1.807, 2.05) is 7.05 Å². The van der Waals surface area contributed by atoms with E-state index in [0.29, 0.717) is 5.92 Å². The Hall–Kier alpha value is -0.570. The molecule has 0 saturated carbocycles. The summed E-state index contributed by atoms with van der Waals surface area (Å²) in [5.41, 5.74) is 0. The van der Waals surface area contributed by atoms with Crippen molar-refractivity contribution in [2.24, 2.45) is 11.8 Å². The first-order valence-corrected chi connectivity index (χ1v) is 4.02. The van der Waals surface area contributed by atoms with Gasteiger partial charge in [0, 0.05) is 6.54 Å². The second-order valence-corrected chi connectivity index (χ2v) is 3.31. The van der Waals surface area contributed by atoms with Gasteiger partial charge >= 0.3 is 5.97 Å². The number of carbonyl (C=O) groups excluding carboxylic acids is 1. The summed E-state index contributed by atoms with van der Waals surface area (Å²) in [5.74, 6) is 0.462. The number of nitrogens with one attached hydrogen (secondary N) is 1. The zero-order chi connectivity index (χ0) is 8.43. The standard InChI is InChI=1S/C8H15NO2/c1-5(2)7-6(4-9-3)8(10)11-7/h5-7,9H,4H2,1-3H3. The predicted octanol–water partition coefficient (Wildman–Crippen LogP) is 0.403. The minimum absolute atomic E-state index is 0.0574. The molecule has 0 radical (unpaired) electrons. The van der Waals surface area contributed by atoms with Gasteiger partial charge < -0.3 is 10.1 Å². The Labute approximate surface area is 67.1 Å². The molecule has 3 heteroatoms. The first kappa shape index (κ1) is 8.53. The van der Waals surface area contributed by atoms with E-state index in [1.54, 1.807) is 0 Å². The lowest BCUT2D eigenvalue weighted by Gasteiger charge is -2.37. The van der Waals surface area contributed by atoms with Crippen molar-refractivity contribution in [3.05, 3.63) is 0 Å². The van der Waals surface area contributed by atoms with Crippen molar-refractivity contribution in [1.29, 1.82) is 0 Å². The van der Waals surface area contributed by atoms with Gasteiger partial charge in [0.2, 0.25) is 0 Å². The molecular formula is C8H15NO2. The Kier molecular flexibility index (Phi) is 2.49. The van der Waals surface area contributed by atoms with Crippen LogP contribution in [0.5, 0.6) is 0 Å². The third-order valence-corrected chi connectivity index (χ3v) is 2.03. The number of esters is 1. The summed E-state index contributed by atoms with van der Waals surface area (Å²) in [5, 5.41) is 2.98. The number of hydrogen-bond acceptors (Lipinski definition) is 3. The predicted molar refractivity (Wildman–Crippen MR) is 42.1 cm³/mol. The maximum absolute atomic E-state index is 10.9. The highest BCUT2D eigenvalue weighted by molar-refractivity contribution is 5.78. The van der Waals surface area contributed by atoms with Gasteiger partial charge in [-0.3, -0.25) is 4.79 Å². The van der Waals surface area contributed by atoms with E-state index >= 15 is 0 Å². The van der Waals surface area contributed by atoms with Gasteiger partial charge in [-0.15, -0.1) is 0 Å². The fourth-order valence-electron chi connectivity index (χ4n) is 1.39. The van der Waals surface area contributed by atoms with Crippen molar-refractivity contribution >= 4 is 5.97 Å². The van der Waals surface area contributed by atoms with Crippen LogP contribution in [-0.2, 0) is 9.53 Å². The Morgan fingerprint density at radius 2 is 2.27 bits per heavy atom. The normalized spacial score (nSPS) is 30.0. The van der Waals surface area contributed by atoms with Crippen LogP contribution < -0.4 is 5.32 Å². The summed E-state index contributed by atoms with van der Waals surface area (Å²) in [7, 11) is 1.85. The van der Waals surface area contributed by atoms with Crippen molar-refractivity contribution < 1.29 is 9.53 Å². The van der Waals surface area contributed by atoms with Crippen molar-refractivity contribution in [3.8, 4) is 0 Å². The largest absolute Gasteiger partial charge is 0.461 e. The topological polar surface area (TPSA) is 38.3 Å². The number of cyclic esters (lactones) is 1. The molecule has 0 aromatic rings. The summed E-state index contributed by atoms with van der Waals surface area (Å²) < 4.78 is 4.99. The lowest BCUT2D eigenvalue weighted by Crippen LogP contribution is -2.52. The molecule has 1 aliphatic heterocycles. The summed E-state index contributed by atoms with van der Waals surface area (Å²) in [6, 6.07) is 0. The molecule has 0 aromatic heterocycles. The average Bonchev–Trinajstić information content (AvgIpc) is 1.95. The van der Waals surface area contributed by atoms with E-state index in [0.717, 1.165) is 6.54 Å². The fourth-order valence-corrected chi connectivity index (χ4v) is 1.39. The van der Waals surface area contributed by atoms with E-state index in [9.17, 15) is 4.79 Å². The van der Waals surface area contributed by atoms with Crippen LogP contribution in [0, 0.1) is 11.8 Å². The average molecular weight is 157 g/mol. The Balaban J connectivity index is 2.41. The molecule has 64 valence electrons. The third-order valence-electron chi connectivity index (χ3n) is 2.03. The lowest BCUT2D eigenvalue weighted by atomic mass is 9.88. The summed E-state index contributed by atoms with van der Waals surface area (Å²) in [6.45, 7) is 4.88. The zero-order valence-electron chi connectivity index (χ0n) is 7.26. The quantitative estimate of drug-likeness (QED) is 0.603. The number of ether oxygens (including phenoxy) is 1. The zero-order valence-corrected chi connectivity index (χ0v) is 7.26. The highest BCUT2D eigenvalue weighted by Crippen LogP contribution is 2.27. The van der Waals surface area contributed by atoms with E-state index in [1.165, 1.54) is 0 Å². The molecule has 1 saturated heterocycles. The molecule has 1 heterocycles. The van der Waals surface area contributed by atoms with Crippen LogP contribution in [0.25, 0.3) is 0 Å².